The van der Waals surface area contributed by atoms with Gasteiger partial charge in [-0.05, 0) is 67.8 Å². The molecule has 4 rings (SSSR count). The number of hydrogen-bond acceptors (Lipinski definition) is 5. The number of aromatic nitrogens is 2. The first-order valence-electron chi connectivity index (χ1n) is 10.7. The van der Waals surface area contributed by atoms with Crippen LogP contribution >= 0.6 is 11.6 Å². The molecule has 1 fully saturated rings. The van der Waals surface area contributed by atoms with Crippen molar-refractivity contribution < 1.29 is 9.53 Å². The van der Waals surface area contributed by atoms with E-state index in [9.17, 15) is 4.79 Å². The predicted octanol–water partition coefficient (Wildman–Crippen LogP) is 4.45. The molecule has 0 unspecified atom stereocenters. The van der Waals surface area contributed by atoms with Gasteiger partial charge in [0.2, 0.25) is 0 Å². The van der Waals surface area contributed by atoms with Crippen molar-refractivity contribution in [2.45, 2.75) is 20.8 Å². The Hall–Kier alpha value is -3.12. The summed E-state index contributed by atoms with van der Waals surface area (Å²) in [6, 6.07) is 15.6. The van der Waals surface area contributed by atoms with Crippen LogP contribution in [0.2, 0.25) is 5.02 Å². The number of para-hydroxylation sites is 1. The predicted molar refractivity (Wildman–Crippen MR) is 127 cm³/mol. The minimum Gasteiger partial charge on any atom is -0.482 e. The quantitative estimate of drug-likeness (QED) is 0.574. The highest BCUT2D eigenvalue weighted by atomic mass is 35.5. The molecule has 1 saturated heterocycles. The molecule has 2 heterocycles. The van der Waals surface area contributed by atoms with Gasteiger partial charge in [-0.1, -0.05) is 29.8 Å². The Morgan fingerprint density at radius 2 is 1.66 bits per heavy atom. The van der Waals surface area contributed by atoms with Crippen LogP contribution in [0.15, 0.2) is 48.5 Å². The topological polar surface area (TPSA) is 58.6 Å². The summed E-state index contributed by atoms with van der Waals surface area (Å²) in [7, 11) is 0. The lowest BCUT2D eigenvalue weighted by molar-refractivity contribution is -0.133. The molecule has 0 saturated carbocycles. The monoisotopic (exact) mass is 450 g/mol. The highest BCUT2D eigenvalue weighted by Gasteiger charge is 2.23. The van der Waals surface area contributed by atoms with E-state index in [2.05, 4.69) is 48.0 Å². The third-order valence-corrected chi connectivity index (χ3v) is 6.22. The fourth-order valence-corrected chi connectivity index (χ4v) is 4.04. The Labute approximate surface area is 193 Å². The molecule has 0 bridgehead atoms. The number of benzene rings is 2. The minimum absolute atomic E-state index is 0.0203. The maximum atomic E-state index is 12.5. The minimum atomic E-state index is -0.0452. The summed E-state index contributed by atoms with van der Waals surface area (Å²) in [5, 5.41) is 9.44. The van der Waals surface area contributed by atoms with Crippen molar-refractivity contribution in [3.8, 4) is 17.0 Å². The molecule has 0 atom stereocenters. The molecule has 166 valence electrons. The highest BCUT2D eigenvalue weighted by Crippen LogP contribution is 2.26. The van der Waals surface area contributed by atoms with Crippen LogP contribution in [0.1, 0.15) is 16.7 Å². The Kier molecular flexibility index (Phi) is 6.61. The van der Waals surface area contributed by atoms with Gasteiger partial charge in [0.05, 0.1) is 10.7 Å². The van der Waals surface area contributed by atoms with E-state index in [1.165, 1.54) is 16.7 Å². The number of piperazine rings is 1. The molecule has 0 radical (unpaired) electrons. The lowest BCUT2D eigenvalue weighted by Crippen LogP contribution is -2.50. The number of carbonyl (C=O) groups excluding carboxylic acids is 1. The van der Waals surface area contributed by atoms with E-state index in [-0.39, 0.29) is 12.5 Å². The number of hydrogen-bond donors (Lipinski definition) is 0. The molecular weight excluding hydrogens is 424 g/mol. The number of ether oxygens (including phenoxy) is 1. The van der Waals surface area contributed by atoms with E-state index in [0.717, 1.165) is 17.1 Å². The molecule has 32 heavy (non-hydrogen) atoms. The first-order valence-corrected chi connectivity index (χ1v) is 11.1. The fourth-order valence-electron chi connectivity index (χ4n) is 3.85. The summed E-state index contributed by atoms with van der Waals surface area (Å²) in [6.45, 7) is 8.95. The third-order valence-electron chi connectivity index (χ3n) is 5.91. The lowest BCUT2D eigenvalue weighted by Gasteiger charge is -2.35. The van der Waals surface area contributed by atoms with Crippen molar-refractivity contribution in [1.82, 2.24) is 15.1 Å². The van der Waals surface area contributed by atoms with Gasteiger partial charge < -0.3 is 14.5 Å². The largest absolute Gasteiger partial charge is 0.482 e. The Balaban J connectivity index is 1.34. The summed E-state index contributed by atoms with van der Waals surface area (Å²) >= 11 is 6.08. The number of anilines is 1. The van der Waals surface area contributed by atoms with Crippen molar-refractivity contribution in [2.75, 3.05) is 37.7 Å². The maximum absolute atomic E-state index is 12.5. The van der Waals surface area contributed by atoms with Crippen molar-refractivity contribution >= 4 is 23.3 Å². The average molecular weight is 451 g/mol. The van der Waals surface area contributed by atoms with Crippen LogP contribution in [0.25, 0.3) is 11.3 Å². The zero-order valence-electron chi connectivity index (χ0n) is 18.6. The van der Waals surface area contributed by atoms with Crippen LogP contribution in [0.3, 0.4) is 0 Å². The Bertz CT molecular complexity index is 1110. The van der Waals surface area contributed by atoms with Gasteiger partial charge in [0.25, 0.3) is 5.91 Å². The van der Waals surface area contributed by atoms with E-state index >= 15 is 0 Å². The van der Waals surface area contributed by atoms with Crippen LogP contribution < -0.4 is 9.64 Å². The SMILES string of the molecule is Cc1cc(C)c(-c2ccc(N3CCN(C(=O)COc4ccccc4Cl)CC3)nn2)cc1C. The molecular formula is C25H27ClN4O2. The summed E-state index contributed by atoms with van der Waals surface area (Å²) in [5.74, 6) is 1.31. The van der Waals surface area contributed by atoms with E-state index in [1.807, 2.05) is 29.2 Å². The van der Waals surface area contributed by atoms with Crippen molar-refractivity contribution in [3.63, 3.8) is 0 Å². The number of aryl methyl sites for hydroxylation is 3. The van der Waals surface area contributed by atoms with Crippen LogP contribution in [0.4, 0.5) is 5.82 Å². The molecule has 6 nitrogen and oxygen atoms in total. The normalized spacial score (nSPS) is 13.9. The highest BCUT2D eigenvalue weighted by molar-refractivity contribution is 6.32. The van der Waals surface area contributed by atoms with Gasteiger partial charge >= 0.3 is 0 Å². The summed E-state index contributed by atoms with van der Waals surface area (Å²) in [4.78, 5) is 16.5. The van der Waals surface area contributed by atoms with Crippen molar-refractivity contribution in [2.24, 2.45) is 0 Å². The molecule has 0 spiro atoms. The number of amides is 1. The van der Waals surface area contributed by atoms with E-state index in [0.29, 0.717) is 37.0 Å². The molecule has 0 aliphatic carbocycles. The van der Waals surface area contributed by atoms with Gasteiger partial charge in [0.1, 0.15) is 5.75 Å². The molecule has 1 aliphatic heterocycles. The zero-order chi connectivity index (χ0) is 22.7. The maximum Gasteiger partial charge on any atom is 0.260 e. The number of halogens is 1. The molecule has 0 N–H and O–H groups in total. The lowest BCUT2D eigenvalue weighted by atomic mass is 9.99. The van der Waals surface area contributed by atoms with Gasteiger partial charge in [0.15, 0.2) is 12.4 Å². The average Bonchev–Trinajstić information content (AvgIpc) is 2.81. The van der Waals surface area contributed by atoms with Gasteiger partial charge in [0, 0.05) is 31.7 Å². The molecule has 1 aromatic heterocycles. The smallest absolute Gasteiger partial charge is 0.260 e. The van der Waals surface area contributed by atoms with Gasteiger partial charge in [-0.3, -0.25) is 4.79 Å². The summed E-state index contributed by atoms with van der Waals surface area (Å²) in [5.41, 5.74) is 5.71. The Morgan fingerprint density at radius 3 is 2.34 bits per heavy atom. The zero-order valence-corrected chi connectivity index (χ0v) is 19.4. The van der Waals surface area contributed by atoms with Crippen LogP contribution in [0.5, 0.6) is 5.75 Å². The molecule has 1 amide bonds. The number of rotatable bonds is 5. The molecule has 1 aliphatic rings. The second-order valence-electron chi connectivity index (χ2n) is 8.12. The van der Waals surface area contributed by atoms with Crippen LogP contribution in [0, 0.1) is 20.8 Å². The first kappa shape index (κ1) is 22.1. The number of carbonyl (C=O) groups is 1. The van der Waals surface area contributed by atoms with Crippen LogP contribution in [-0.2, 0) is 4.79 Å². The first-order chi connectivity index (χ1) is 15.4. The van der Waals surface area contributed by atoms with E-state index in [1.54, 1.807) is 12.1 Å². The second-order valence-corrected chi connectivity index (χ2v) is 8.52. The molecule has 7 heteroatoms. The van der Waals surface area contributed by atoms with Gasteiger partial charge in [-0.25, -0.2) is 0 Å². The Morgan fingerprint density at radius 1 is 0.938 bits per heavy atom. The summed E-state index contributed by atoms with van der Waals surface area (Å²) < 4.78 is 5.58. The van der Waals surface area contributed by atoms with E-state index < -0.39 is 0 Å². The standard InChI is InChI=1S/C25H27ClN4O2/c1-17-14-19(3)20(15-18(17)2)22-8-9-24(28-27-22)29-10-12-30(13-11-29)25(31)16-32-23-7-5-4-6-21(23)26/h4-9,14-15H,10-13,16H2,1-3H3. The van der Waals surface area contributed by atoms with Crippen molar-refractivity contribution in [3.05, 3.63) is 70.2 Å². The third kappa shape index (κ3) is 4.86. The molecule has 2 aromatic carbocycles. The summed E-state index contributed by atoms with van der Waals surface area (Å²) in [6.07, 6.45) is 0. The molecule has 3 aromatic rings. The second kappa shape index (κ2) is 9.57. The fraction of sp³-hybridized carbons (Fsp3) is 0.320. The van der Waals surface area contributed by atoms with Gasteiger partial charge in [-0.15, -0.1) is 10.2 Å². The van der Waals surface area contributed by atoms with E-state index in [4.69, 9.17) is 16.3 Å². The number of nitrogens with zero attached hydrogens (tertiary/aromatic N) is 4. The van der Waals surface area contributed by atoms with Crippen molar-refractivity contribution in [1.29, 1.82) is 0 Å². The van der Waals surface area contributed by atoms with Gasteiger partial charge in [-0.2, -0.15) is 0 Å². The van der Waals surface area contributed by atoms with Crippen LogP contribution in [-0.4, -0.2) is 53.8 Å².